The lowest BCUT2D eigenvalue weighted by molar-refractivity contribution is 0.234. The van der Waals surface area contributed by atoms with E-state index >= 15 is 0 Å². The fraction of sp³-hybridized carbons (Fsp3) is 0.381. The summed E-state index contributed by atoms with van der Waals surface area (Å²) in [6.07, 6.45) is 10.3. The molecule has 0 radical (unpaired) electrons. The van der Waals surface area contributed by atoms with Crippen molar-refractivity contribution in [3.05, 3.63) is 59.6 Å². The van der Waals surface area contributed by atoms with Gasteiger partial charge in [0.15, 0.2) is 0 Å². The van der Waals surface area contributed by atoms with Crippen LogP contribution in [0.25, 0.3) is 0 Å². The molecule has 2 heterocycles. The first-order valence-electron chi connectivity index (χ1n) is 9.81. The number of methoxy groups -OCH3 is 1. The van der Waals surface area contributed by atoms with Crippen molar-refractivity contribution in [1.82, 2.24) is 21.3 Å². The average molecular weight is 381 g/mol. The number of carbonyl (C=O) groups excluding carboxylic acids is 1. The van der Waals surface area contributed by atoms with Gasteiger partial charge in [0.05, 0.1) is 25.0 Å². The van der Waals surface area contributed by atoms with Gasteiger partial charge in [0.2, 0.25) is 0 Å². The Labute approximate surface area is 165 Å². The van der Waals surface area contributed by atoms with Gasteiger partial charge < -0.3 is 31.3 Å². The molecule has 1 saturated carbocycles. The van der Waals surface area contributed by atoms with Gasteiger partial charge in [-0.1, -0.05) is 18.9 Å². The van der Waals surface area contributed by atoms with E-state index in [9.17, 15) is 4.79 Å². The van der Waals surface area contributed by atoms with Crippen molar-refractivity contribution in [2.45, 2.75) is 37.9 Å². The van der Waals surface area contributed by atoms with Gasteiger partial charge in [0.25, 0.3) is 0 Å². The summed E-state index contributed by atoms with van der Waals surface area (Å²) < 4.78 is 5.28. The highest BCUT2D eigenvalue weighted by Gasteiger charge is 2.21. The first kappa shape index (κ1) is 18.3. The van der Waals surface area contributed by atoms with Crippen LogP contribution in [0.15, 0.2) is 59.6 Å². The van der Waals surface area contributed by atoms with Gasteiger partial charge >= 0.3 is 6.03 Å². The fourth-order valence-electron chi connectivity index (χ4n) is 3.75. The lowest BCUT2D eigenvalue weighted by atomic mass is 10.1. The third kappa shape index (κ3) is 4.42. The second-order valence-electron chi connectivity index (χ2n) is 7.29. The van der Waals surface area contributed by atoms with E-state index < -0.39 is 0 Å². The molecule has 0 aromatic heterocycles. The minimum absolute atomic E-state index is 0.124. The quantitative estimate of drug-likeness (QED) is 0.541. The number of carbonyl (C=O) groups is 1. The summed E-state index contributed by atoms with van der Waals surface area (Å²) in [5, 5.41) is 16.2. The number of rotatable bonds is 5. The van der Waals surface area contributed by atoms with Crippen LogP contribution in [0, 0.1) is 0 Å². The zero-order chi connectivity index (χ0) is 19.3. The van der Waals surface area contributed by atoms with Crippen molar-refractivity contribution in [2.24, 2.45) is 0 Å². The smallest absolute Gasteiger partial charge is 0.316 e. The third-order valence-electron chi connectivity index (χ3n) is 5.20. The molecule has 2 aliphatic heterocycles. The lowest BCUT2D eigenvalue weighted by Gasteiger charge is -2.29. The first-order valence-corrected chi connectivity index (χ1v) is 9.81. The Kier molecular flexibility index (Phi) is 5.41. The minimum atomic E-state index is -0.241. The molecule has 1 unspecified atom stereocenters. The molecule has 1 aromatic carbocycles. The Hall–Kier alpha value is -3.09. The van der Waals surface area contributed by atoms with Crippen LogP contribution in [0.5, 0.6) is 5.75 Å². The van der Waals surface area contributed by atoms with Crippen LogP contribution in [0.2, 0.25) is 0 Å². The Morgan fingerprint density at radius 1 is 1.18 bits per heavy atom. The molecule has 1 atom stereocenters. The molecule has 0 saturated heterocycles. The first-order chi connectivity index (χ1) is 13.7. The van der Waals surface area contributed by atoms with Crippen LogP contribution in [0.4, 0.5) is 10.5 Å². The zero-order valence-corrected chi connectivity index (χ0v) is 16.0. The van der Waals surface area contributed by atoms with Crippen molar-refractivity contribution in [2.75, 3.05) is 19.0 Å². The number of dihydropyridines is 2. The highest BCUT2D eigenvalue weighted by atomic mass is 16.5. The lowest BCUT2D eigenvalue weighted by Crippen LogP contribution is -2.51. The zero-order valence-electron chi connectivity index (χ0n) is 16.0. The Morgan fingerprint density at radius 3 is 2.86 bits per heavy atom. The molecule has 5 N–H and O–H groups in total. The predicted octanol–water partition coefficient (Wildman–Crippen LogP) is 2.53. The SMILES string of the molecule is COc1cccc(NC2=CC3=C(C=CC(NC(=O)NC4CCCC4)N3)NC2)c1. The standard InChI is InChI=1S/C21H27N5O2/c1-28-17-8-4-7-15(11-17)23-16-12-19-18(22-13-16)9-10-20(25-19)26-21(27)24-14-5-2-3-6-14/h4,7-12,14,20,22-23,25H,2-3,5-6,13H2,1H3,(H2,24,26,27). The monoisotopic (exact) mass is 381 g/mol. The molecule has 3 aliphatic rings. The van der Waals surface area contributed by atoms with Gasteiger partial charge in [-0.3, -0.25) is 0 Å². The molecule has 148 valence electrons. The molecule has 4 rings (SSSR count). The number of urea groups is 1. The minimum Gasteiger partial charge on any atom is -0.497 e. The summed E-state index contributed by atoms with van der Waals surface area (Å²) in [6, 6.07) is 8.00. The van der Waals surface area contributed by atoms with E-state index in [1.165, 1.54) is 12.8 Å². The van der Waals surface area contributed by atoms with Gasteiger partial charge in [0.1, 0.15) is 11.9 Å². The Bertz CT molecular complexity index is 824. The summed E-state index contributed by atoms with van der Waals surface area (Å²) in [7, 11) is 1.66. The third-order valence-corrected chi connectivity index (χ3v) is 5.20. The van der Waals surface area contributed by atoms with Gasteiger partial charge in [-0.05, 0) is 43.2 Å². The molecule has 0 bridgehead atoms. The van der Waals surface area contributed by atoms with E-state index in [-0.39, 0.29) is 12.2 Å². The van der Waals surface area contributed by atoms with Gasteiger partial charge in [-0.25, -0.2) is 4.79 Å². The molecule has 7 nitrogen and oxygen atoms in total. The van der Waals surface area contributed by atoms with Crippen LogP contribution < -0.4 is 31.3 Å². The molecular formula is C21H27N5O2. The van der Waals surface area contributed by atoms with Gasteiger partial charge in [-0.2, -0.15) is 0 Å². The topological polar surface area (TPSA) is 86.5 Å². The van der Waals surface area contributed by atoms with Crippen LogP contribution >= 0.6 is 0 Å². The Morgan fingerprint density at radius 2 is 2.04 bits per heavy atom. The molecule has 0 spiro atoms. The summed E-state index contributed by atoms with van der Waals surface area (Å²) >= 11 is 0. The second kappa shape index (κ2) is 8.29. The van der Waals surface area contributed by atoms with Crippen molar-refractivity contribution in [3.63, 3.8) is 0 Å². The maximum Gasteiger partial charge on any atom is 0.316 e. The summed E-state index contributed by atoms with van der Waals surface area (Å²) in [5.41, 5.74) is 3.97. The number of amides is 2. The number of hydrogen-bond acceptors (Lipinski definition) is 5. The fourth-order valence-corrected chi connectivity index (χ4v) is 3.75. The van der Waals surface area contributed by atoms with Crippen molar-refractivity contribution in [1.29, 1.82) is 0 Å². The summed E-state index contributed by atoms with van der Waals surface area (Å²) in [6.45, 7) is 0.697. The maximum atomic E-state index is 12.2. The average Bonchev–Trinajstić information content (AvgIpc) is 3.20. The van der Waals surface area contributed by atoms with E-state index in [0.29, 0.717) is 12.6 Å². The normalized spacial score (nSPS) is 21.2. The van der Waals surface area contributed by atoms with Crippen molar-refractivity contribution >= 4 is 11.7 Å². The highest BCUT2D eigenvalue weighted by Crippen LogP contribution is 2.21. The van der Waals surface area contributed by atoms with Gasteiger partial charge in [-0.15, -0.1) is 0 Å². The van der Waals surface area contributed by atoms with Crippen LogP contribution in [0.1, 0.15) is 25.7 Å². The van der Waals surface area contributed by atoms with E-state index in [2.05, 4.69) is 32.7 Å². The summed E-state index contributed by atoms with van der Waals surface area (Å²) in [4.78, 5) is 12.2. The van der Waals surface area contributed by atoms with Crippen molar-refractivity contribution in [3.8, 4) is 5.75 Å². The molecule has 1 aliphatic carbocycles. The number of benzene rings is 1. The van der Waals surface area contributed by atoms with Crippen molar-refractivity contribution < 1.29 is 9.53 Å². The van der Waals surface area contributed by atoms with Gasteiger partial charge in [0, 0.05) is 23.5 Å². The number of nitrogens with one attached hydrogen (secondary N) is 5. The van der Waals surface area contributed by atoms with E-state index in [4.69, 9.17) is 4.74 Å². The molecule has 7 heteroatoms. The predicted molar refractivity (Wildman–Crippen MR) is 110 cm³/mol. The molecule has 1 fully saturated rings. The second-order valence-corrected chi connectivity index (χ2v) is 7.29. The van der Waals surface area contributed by atoms with E-state index in [1.807, 2.05) is 36.4 Å². The van der Waals surface area contributed by atoms with Crippen LogP contribution in [-0.4, -0.2) is 31.9 Å². The molecule has 2 amide bonds. The van der Waals surface area contributed by atoms with E-state index in [0.717, 1.165) is 41.4 Å². The molecule has 28 heavy (non-hydrogen) atoms. The largest absolute Gasteiger partial charge is 0.497 e. The highest BCUT2D eigenvalue weighted by molar-refractivity contribution is 5.75. The number of ether oxygens (including phenoxy) is 1. The number of anilines is 1. The molecular weight excluding hydrogens is 354 g/mol. The number of hydrogen-bond donors (Lipinski definition) is 5. The van der Waals surface area contributed by atoms with Crippen LogP contribution in [0.3, 0.4) is 0 Å². The van der Waals surface area contributed by atoms with E-state index in [1.54, 1.807) is 7.11 Å². The maximum absolute atomic E-state index is 12.2. The molecule has 1 aromatic rings. The van der Waals surface area contributed by atoms with Crippen LogP contribution in [-0.2, 0) is 0 Å². The summed E-state index contributed by atoms with van der Waals surface area (Å²) in [5.74, 6) is 0.811. The number of allylic oxidation sites excluding steroid dienone is 2. The Balaban J connectivity index is 1.36.